The third-order valence-electron chi connectivity index (χ3n) is 3.70. The summed E-state index contributed by atoms with van der Waals surface area (Å²) in [6, 6.07) is 6.78. The van der Waals surface area contributed by atoms with Crippen molar-refractivity contribution in [1.82, 2.24) is 9.88 Å². The van der Waals surface area contributed by atoms with E-state index < -0.39 is 0 Å². The number of morpholine rings is 1. The largest absolute Gasteiger partial charge is 0.505 e. The fourth-order valence-corrected chi connectivity index (χ4v) is 2.79. The van der Waals surface area contributed by atoms with Gasteiger partial charge in [0.15, 0.2) is 0 Å². The highest BCUT2D eigenvalue weighted by molar-refractivity contribution is 6.42. The monoisotopic (exact) mass is 352 g/mol. The van der Waals surface area contributed by atoms with E-state index in [9.17, 15) is 9.90 Å². The molecule has 1 atom stereocenters. The van der Waals surface area contributed by atoms with Crippen LogP contribution in [0, 0.1) is 0 Å². The van der Waals surface area contributed by atoms with Gasteiger partial charge in [-0.2, -0.15) is 0 Å². The van der Waals surface area contributed by atoms with E-state index in [2.05, 4.69) is 4.98 Å². The lowest BCUT2D eigenvalue weighted by Gasteiger charge is -2.33. The molecule has 23 heavy (non-hydrogen) atoms. The molecule has 1 fully saturated rings. The highest BCUT2D eigenvalue weighted by atomic mass is 35.5. The smallest absolute Gasteiger partial charge is 0.257 e. The highest BCUT2D eigenvalue weighted by Crippen LogP contribution is 2.30. The molecular weight excluding hydrogens is 339 g/mol. The second kappa shape index (κ2) is 6.74. The Hall–Kier alpha value is -1.82. The summed E-state index contributed by atoms with van der Waals surface area (Å²) in [4.78, 5) is 18.0. The van der Waals surface area contributed by atoms with Crippen molar-refractivity contribution in [2.24, 2.45) is 0 Å². The molecule has 2 heterocycles. The minimum atomic E-state index is -0.286. The third-order valence-corrected chi connectivity index (χ3v) is 4.44. The van der Waals surface area contributed by atoms with Gasteiger partial charge in [0.2, 0.25) is 0 Å². The Balaban J connectivity index is 1.79. The van der Waals surface area contributed by atoms with E-state index in [1.165, 1.54) is 18.5 Å². The first-order valence-electron chi connectivity index (χ1n) is 7.05. The summed E-state index contributed by atoms with van der Waals surface area (Å²) in [7, 11) is 0. The molecule has 1 aliphatic heterocycles. The van der Waals surface area contributed by atoms with Crippen LogP contribution in [0.5, 0.6) is 5.75 Å². The van der Waals surface area contributed by atoms with Crippen LogP contribution in [-0.2, 0) is 4.74 Å². The Morgan fingerprint density at radius 2 is 2.13 bits per heavy atom. The van der Waals surface area contributed by atoms with Gasteiger partial charge in [0.05, 0.1) is 35.0 Å². The van der Waals surface area contributed by atoms with Crippen LogP contribution in [0.25, 0.3) is 0 Å². The number of pyridine rings is 1. The fourth-order valence-electron chi connectivity index (χ4n) is 2.49. The maximum Gasteiger partial charge on any atom is 0.257 e. The molecule has 0 saturated carbocycles. The van der Waals surface area contributed by atoms with E-state index in [-0.39, 0.29) is 23.3 Å². The standard InChI is InChI=1S/C16H14Cl2N2O3/c17-12-2-1-10(7-13(12)18)15-9-20(5-6-23-15)16(22)11-3-4-19-8-14(11)21/h1-4,7-8,15,21H,5-6,9H2. The quantitative estimate of drug-likeness (QED) is 0.900. The van der Waals surface area contributed by atoms with Crippen molar-refractivity contribution in [2.45, 2.75) is 6.10 Å². The van der Waals surface area contributed by atoms with E-state index in [0.29, 0.717) is 29.7 Å². The number of carbonyl (C=O) groups is 1. The average Bonchev–Trinajstić information content (AvgIpc) is 2.57. The van der Waals surface area contributed by atoms with Gasteiger partial charge in [0.25, 0.3) is 5.91 Å². The van der Waals surface area contributed by atoms with Crippen molar-refractivity contribution in [3.63, 3.8) is 0 Å². The van der Waals surface area contributed by atoms with Crippen molar-refractivity contribution in [2.75, 3.05) is 19.7 Å². The lowest BCUT2D eigenvalue weighted by Crippen LogP contribution is -2.42. The molecule has 1 unspecified atom stereocenters. The summed E-state index contributed by atoms with van der Waals surface area (Å²) >= 11 is 12.0. The minimum Gasteiger partial charge on any atom is -0.505 e. The van der Waals surface area contributed by atoms with Crippen LogP contribution in [0.2, 0.25) is 10.0 Å². The molecule has 0 bridgehead atoms. The third kappa shape index (κ3) is 3.42. The molecule has 0 radical (unpaired) electrons. The molecule has 5 nitrogen and oxygen atoms in total. The van der Waals surface area contributed by atoms with Gasteiger partial charge < -0.3 is 14.7 Å². The second-order valence-electron chi connectivity index (χ2n) is 5.18. The van der Waals surface area contributed by atoms with E-state index >= 15 is 0 Å². The van der Waals surface area contributed by atoms with Crippen molar-refractivity contribution >= 4 is 29.1 Å². The van der Waals surface area contributed by atoms with Gasteiger partial charge in [-0.1, -0.05) is 29.3 Å². The number of aromatic nitrogens is 1. The molecule has 1 aliphatic rings. The van der Waals surface area contributed by atoms with Gasteiger partial charge in [-0.3, -0.25) is 9.78 Å². The van der Waals surface area contributed by atoms with Gasteiger partial charge in [0.1, 0.15) is 11.9 Å². The van der Waals surface area contributed by atoms with Crippen LogP contribution < -0.4 is 0 Å². The first-order valence-corrected chi connectivity index (χ1v) is 7.80. The SMILES string of the molecule is O=C(c1ccncc1O)N1CCOC(c2ccc(Cl)c(Cl)c2)C1. The second-order valence-corrected chi connectivity index (χ2v) is 5.99. The predicted octanol–water partition coefficient (Wildman–Crippen LogP) is 3.31. The fraction of sp³-hybridized carbons (Fsp3) is 0.250. The Morgan fingerprint density at radius 3 is 2.87 bits per heavy atom. The molecule has 0 aliphatic carbocycles. The summed E-state index contributed by atoms with van der Waals surface area (Å²) < 4.78 is 5.73. The molecule has 1 N–H and O–H groups in total. The zero-order valence-electron chi connectivity index (χ0n) is 12.1. The zero-order chi connectivity index (χ0) is 16.4. The average molecular weight is 353 g/mol. The Labute approximate surface area is 143 Å². The Bertz CT molecular complexity index is 739. The molecule has 7 heteroatoms. The summed E-state index contributed by atoms with van der Waals surface area (Å²) in [5, 5.41) is 10.7. The van der Waals surface area contributed by atoms with E-state index in [1.807, 2.05) is 6.07 Å². The van der Waals surface area contributed by atoms with Gasteiger partial charge >= 0.3 is 0 Å². The number of carbonyl (C=O) groups excluding carboxylic acids is 1. The molecule has 2 aromatic rings. The van der Waals surface area contributed by atoms with Gasteiger partial charge in [0, 0.05) is 12.7 Å². The lowest BCUT2D eigenvalue weighted by molar-refractivity contribution is -0.0229. The summed E-state index contributed by atoms with van der Waals surface area (Å²) in [5.41, 5.74) is 1.09. The van der Waals surface area contributed by atoms with Gasteiger partial charge in [-0.25, -0.2) is 0 Å². The van der Waals surface area contributed by atoms with Crippen LogP contribution in [0.15, 0.2) is 36.7 Å². The maximum atomic E-state index is 12.6. The Morgan fingerprint density at radius 1 is 1.30 bits per heavy atom. The molecule has 1 aromatic carbocycles. The van der Waals surface area contributed by atoms with Crippen LogP contribution in [0.1, 0.15) is 22.0 Å². The summed E-state index contributed by atoms with van der Waals surface area (Å²) in [6.45, 7) is 1.24. The normalized spacial score (nSPS) is 18.0. The minimum absolute atomic E-state index is 0.130. The highest BCUT2D eigenvalue weighted by Gasteiger charge is 2.27. The molecule has 1 amide bonds. The molecule has 0 spiro atoms. The number of aromatic hydroxyl groups is 1. The molecule has 1 aromatic heterocycles. The number of hydrogen-bond donors (Lipinski definition) is 1. The number of amides is 1. The molecule has 1 saturated heterocycles. The number of hydrogen-bond acceptors (Lipinski definition) is 4. The Kier molecular flexibility index (Phi) is 4.71. The number of benzene rings is 1. The number of halogens is 2. The molecular formula is C16H14Cl2N2O3. The molecule has 3 rings (SSSR count). The first kappa shape index (κ1) is 16.1. The van der Waals surface area contributed by atoms with Crippen molar-refractivity contribution in [1.29, 1.82) is 0 Å². The van der Waals surface area contributed by atoms with Crippen molar-refractivity contribution in [3.8, 4) is 5.75 Å². The maximum absolute atomic E-state index is 12.6. The van der Waals surface area contributed by atoms with Crippen LogP contribution in [0.3, 0.4) is 0 Å². The van der Waals surface area contributed by atoms with Crippen LogP contribution in [0.4, 0.5) is 0 Å². The lowest BCUT2D eigenvalue weighted by atomic mass is 10.1. The van der Waals surface area contributed by atoms with Crippen LogP contribution >= 0.6 is 23.2 Å². The van der Waals surface area contributed by atoms with Crippen molar-refractivity contribution < 1.29 is 14.6 Å². The topological polar surface area (TPSA) is 62.7 Å². The molecule has 120 valence electrons. The van der Waals surface area contributed by atoms with Crippen molar-refractivity contribution in [3.05, 3.63) is 57.8 Å². The van der Waals surface area contributed by atoms with Gasteiger partial charge in [-0.05, 0) is 23.8 Å². The summed E-state index contributed by atoms with van der Waals surface area (Å²) in [6.07, 6.45) is 2.44. The van der Waals surface area contributed by atoms with E-state index in [0.717, 1.165) is 5.56 Å². The van der Waals surface area contributed by atoms with Crippen LogP contribution in [-0.4, -0.2) is 40.6 Å². The van der Waals surface area contributed by atoms with Gasteiger partial charge in [-0.15, -0.1) is 0 Å². The number of rotatable bonds is 2. The predicted molar refractivity (Wildman–Crippen MR) is 87.0 cm³/mol. The zero-order valence-corrected chi connectivity index (χ0v) is 13.6. The number of ether oxygens (including phenoxy) is 1. The summed E-state index contributed by atoms with van der Waals surface area (Å²) in [5.74, 6) is -0.381. The number of nitrogens with zero attached hydrogens (tertiary/aromatic N) is 2. The van der Waals surface area contributed by atoms with E-state index in [1.54, 1.807) is 17.0 Å². The first-order chi connectivity index (χ1) is 11.1. The van der Waals surface area contributed by atoms with E-state index in [4.69, 9.17) is 27.9 Å².